The molecule has 2 rings (SSSR count). The number of carbonyl (C=O) groups excluding carboxylic acids is 2. The molecule has 138 valence electrons. The Balaban J connectivity index is 2.20. The number of halogens is 1. The average Bonchev–Trinajstić information content (AvgIpc) is 2.58. The number of hydrogen-bond acceptors (Lipinski definition) is 3. The van der Waals surface area contributed by atoms with Gasteiger partial charge < -0.3 is 14.5 Å². The van der Waals surface area contributed by atoms with E-state index in [1.54, 1.807) is 19.1 Å². The molecule has 5 nitrogen and oxygen atoms in total. The van der Waals surface area contributed by atoms with Crippen LogP contribution in [0.4, 0.5) is 5.69 Å². The van der Waals surface area contributed by atoms with Gasteiger partial charge in [0.15, 0.2) is 6.54 Å². The van der Waals surface area contributed by atoms with Crippen molar-refractivity contribution in [1.82, 2.24) is 0 Å². The standard InChI is InChI=1S/C19H27ClN2O3/c1-4-22(9-7-6-8-10-22)13-17(23)21-18-14(3)11-15(20)12-16(18)19(24)25-5-2/h11-12H,4-10,13H2,1-3H3/p+1. The van der Waals surface area contributed by atoms with Gasteiger partial charge in [-0.25, -0.2) is 4.79 Å². The average molecular weight is 368 g/mol. The van der Waals surface area contributed by atoms with E-state index in [9.17, 15) is 9.59 Å². The van der Waals surface area contributed by atoms with Crippen LogP contribution in [0.15, 0.2) is 12.1 Å². The first-order chi connectivity index (χ1) is 11.9. The van der Waals surface area contributed by atoms with E-state index in [1.807, 2.05) is 6.92 Å². The van der Waals surface area contributed by atoms with E-state index >= 15 is 0 Å². The van der Waals surface area contributed by atoms with Gasteiger partial charge in [-0.05, 0) is 57.7 Å². The number of likely N-dealkylation sites (tertiary alicyclic amines) is 1. The second-order valence-corrected chi connectivity index (χ2v) is 7.17. The predicted octanol–water partition coefficient (Wildman–Crippen LogP) is 3.78. The third-order valence-corrected chi connectivity index (χ3v) is 5.19. The van der Waals surface area contributed by atoms with Crippen molar-refractivity contribution in [3.8, 4) is 0 Å². The number of rotatable bonds is 6. The predicted molar refractivity (Wildman–Crippen MR) is 100 cm³/mol. The smallest absolute Gasteiger partial charge is 0.340 e. The number of amides is 1. The molecule has 1 heterocycles. The molecule has 0 atom stereocenters. The lowest BCUT2D eigenvalue weighted by Crippen LogP contribution is -2.55. The van der Waals surface area contributed by atoms with E-state index in [4.69, 9.17) is 16.3 Å². The number of quaternary nitrogens is 1. The fourth-order valence-corrected chi connectivity index (χ4v) is 3.80. The van der Waals surface area contributed by atoms with E-state index in [-0.39, 0.29) is 12.5 Å². The van der Waals surface area contributed by atoms with Crippen molar-refractivity contribution in [3.05, 3.63) is 28.3 Å². The zero-order chi connectivity index (χ0) is 18.4. The Morgan fingerprint density at radius 1 is 1.20 bits per heavy atom. The molecule has 1 N–H and O–H groups in total. The van der Waals surface area contributed by atoms with Crippen LogP contribution in [0.1, 0.15) is 49.0 Å². The van der Waals surface area contributed by atoms with Crippen molar-refractivity contribution in [3.63, 3.8) is 0 Å². The van der Waals surface area contributed by atoms with Gasteiger partial charge in [0.25, 0.3) is 5.91 Å². The van der Waals surface area contributed by atoms with Crippen LogP contribution in [0, 0.1) is 6.92 Å². The molecular weight excluding hydrogens is 340 g/mol. The number of hydrogen-bond donors (Lipinski definition) is 1. The van der Waals surface area contributed by atoms with E-state index in [0.29, 0.717) is 22.8 Å². The molecule has 1 fully saturated rings. The monoisotopic (exact) mass is 367 g/mol. The Hall–Kier alpha value is -1.59. The largest absolute Gasteiger partial charge is 0.462 e. The highest BCUT2D eigenvalue weighted by atomic mass is 35.5. The molecule has 1 aliphatic rings. The topological polar surface area (TPSA) is 55.4 Å². The van der Waals surface area contributed by atoms with E-state index in [2.05, 4.69) is 12.2 Å². The summed E-state index contributed by atoms with van der Waals surface area (Å²) in [6.07, 6.45) is 3.56. The fourth-order valence-electron chi connectivity index (χ4n) is 3.53. The van der Waals surface area contributed by atoms with Crippen LogP contribution in [0.2, 0.25) is 5.02 Å². The number of nitrogens with one attached hydrogen (secondary N) is 1. The first kappa shape index (κ1) is 19.7. The van der Waals surface area contributed by atoms with Crippen LogP contribution < -0.4 is 5.32 Å². The summed E-state index contributed by atoms with van der Waals surface area (Å²) >= 11 is 6.08. The number of aryl methyl sites for hydroxylation is 1. The summed E-state index contributed by atoms with van der Waals surface area (Å²) in [5.41, 5.74) is 1.56. The number of benzene rings is 1. The van der Waals surface area contributed by atoms with Gasteiger partial charge in [0.1, 0.15) is 0 Å². The Morgan fingerprint density at radius 2 is 1.88 bits per heavy atom. The number of anilines is 1. The van der Waals surface area contributed by atoms with Crippen LogP contribution in [-0.4, -0.2) is 49.1 Å². The molecule has 0 unspecified atom stereocenters. The maximum Gasteiger partial charge on any atom is 0.340 e. The number of carbonyl (C=O) groups is 2. The van der Waals surface area contributed by atoms with Crippen molar-refractivity contribution in [2.75, 3.05) is 38.1 Å². The van der Waals surface area contributed by atoms with Gasteiger partial charge in [-0.2, -0.15) is 0 Å². The molecule has 0 aromatic heterocycles. The van der Waals surface area contributed by atoms with Crippen molar-refractivity contribution < 1.29 is 18.8 Å². The van der Waals surface area contributed by atoms with Crippen LogP contribution in [0.5, 0.6) is 0 Å². The first-order valence-corrected chi connectivity index (χ1v) is 9.41. The van der Waals surface area contributed by atoms with Gasteiger partial charge in [-0.1, -0.05) is 11.6 Å². The van der Waals surface area contributed by atoms with Crippen molar-refractivity contribution in [2.24, 2.45) is 0 Å². The maximum atomic E-state index is 12.7. The normalized spacial score (nSPS) is 16.3. The summed E-state index contributed by atoms with van der Waals surface area (Å²) < 4.78 is 5.91. The lowest BCUT2D eigenvalue weighted by atomic mass is 10.1. The minimum absolute atomic E-state index is 0.0697. The third kappa shape index (κ3) is 4.95. The lowest BCUT2D eigenvalue weighted by Gasteiger charge is -2.40. The summed E-state index contributed by atoms with van der Waals surface area (Å²) in [5.74, 6) is -0.541. The Bertz CT molecular complexity index is 640. The van der Waals surface area contributed by atoms with E-state index < -0.39 is 5.97 Å². The molecule has 1 aromatic carbocycles. The third-order valence-electron chi connectivity index (χ3n) is 4.97. The number of nitrogens with zero attached hydrogens (tertiary/aromatic N) is 1. The molecule has 1 amide bonds. The Labute approximate surface area is 154 Å². The molecule has 0 aliphatic carbocycles. The quantitative estimate of drug-likeness (QED) is 0.614. The van der Waals surface area contributed by atoms with Gasteiger partial charge in [0.2, 0.25) is 0 Å². The first-order valence-electron chi connectivity index (χ1n) is 9.03. The summed E-state index contributed by atoms with van der Waals surface area (Å²) in [6, 6.07) is 3.29. The summed E-state index contributed by atoms with van der Waals surface area (Å²) in [6.45, 7) is 9.43. The van der Waals surface area contributed by atoms with Crippen molar-refractivity contribution in [1.29, 1.82) is 0 Å². The van der Waals surface area contributed by atoms with Crippen LogP contribution in [0.3, 0.4) is 0 Å². The molecule has 0 saturated carbocycles. The second-order valence-electron chi connectivity index (χ2n) is 6.74. The van der Waals surface area contributed by atoms with Gasteiger partial charge in [0.05, 0.1) is 37.5 Å². The molecule has 1 saturated heterocycles. The minimum Gasteiger partial charge on any atom is -0.462 e. The zero-order valence-electron chi connectivity index (χ0n) is 15.4. The highest BCUT2D eigenvalue weighted by Crippen LogP contribution is 2.27. The molecule has 0 bridgehead atoms. The minimum atomic E-state index is -0.472. The summed E-state index contributed by atoms with van der Waals surface area (Å²) in [4.78, 5) is 24.9. The van der Waals surface area contributed by atoms with E-state index in [1.165, 1.54) is 6.42 Å². The maximum absolute atomic E-state index is 12.7. The summed E-state index contributed by atoms with van der Waals surface area (Å²) in [5, 5.41) is 3.39. The van der Waals surface area contributed by atoms with E-state index in [0.717, 1.165) is 42.5 Å². The number of ether oxygens (including phenoxy) is 1. The van der Waals surface area contributed by atoms with Crippen molar-refractivity contribution >= 4 is 29.2 Å². The number of esters is 1. The molecule has 0 spiro atoms. The molecule has 25 heavy (non-hydrogen) atoms. The van der Waals surface area contributed by atoms with Gasteiger partial charge in [-0.15, -0.1) is 0 Å². The molecule has 1 aliphatic heterocycles. The second kappa shape index (κ2) is 8.68. The molecule has 0 radical (unpaired) electrons. The zero-order valence-corrected chi connectivity index (χ0v) is 16.1. The van der Waals surface area contributed by atoms with Crippen LogP contribution in [-0.2, 0) is 9.53 Å². The Morgan fingerprint density at radius 3 is 2.48 bits per heavy atom. The Kier molecular flexibility index (Phi) is 6.85. The van der Waals surface area contributed by atoms with Gasteiger partial charge in [0, 0.05) is 5.02 Å². The molecular formula is C19H28ClN2O3+. The molecule has 1 aromatic rings. The van der Waals surface area contributed by atoms with Crippen LogP contribution in [0.25, 0.3) is 0 Å². The number of likely N-dealkylation sites (N-methyl/N-ethyl adjacent to an activating group) is 1. The lowest BCUT2D eigenvalue weighted by molar-refractivity contribution is -0.923. The highest BCUT2D eigenvalue weighted by Gasteiger charge is 2.31. The molecule has 6 heteroatoms. The SMILES string of the molecule is CCOC(=O)c1cc(Cl)cc(C)c1NC(=O)C[N+]1(CC)CCCCC1. The van der Waals surface area contributed by atoms with Crippen LogP contribution >= 0.6 is 11.6 Å². The summed E-state index contributed by atoms with van der Waals surface area (Å²) in [7, 11) is 0. The van der Waals surface area contributed by atoms with Gasteiger partial charge in [-0.3, -0.25) is 4.79 Å². The van der Waals surface area contributed by atoms with Gasteiger partial charge >= 0.3 is 5.97 Å². The highest BCUT2D eigenvalue weighted by molar-refractivity contribution is 6.31. The number of piperidine rings is 1. The van der Waals surface area contributed by atoms with Crippen molar-refractivity contribution in [2.45, 2.75) is 40.0 Å². The fraction of sp³-hybridized carbons (Fsp3) is 0.579.